The van der Waals surface area contributed by atoms with Crippen LogP contribution in [-0.4, -0.2) is 19.4 Å². The SMILES string of the molecule is COC(=O)c1c2c(cc3c1CC1(Cc4cc5c(c(C=O)c4C1)CCC5)C3)CCC2. The lowest BCUT2D eigenvalue weighted by Gasteiger charge is -2.22. The third kappa shape index (κ3) is 2.36. The Balaban J connectivity index is 1.44. The van der Waals surface area contributed by atoms with Crippen molar-refractivity contribution in [3.05, 3.63) is 67.8 Å². The second-order valence-corrected chi connectivity index (χ2v) is 9.62. The Morgan fingerprint density at radius 3 is 2.14 bits per heavy atom. The summed E-state index contributed by atoms with van der Waals surface area (Å²) in [5.74, 6) is -0.167. The topological polar surface area (TPSA) is 43.4 Å². The number of methoxy groups -OCH3 is 1. The lowest BCUT2D eigenvalue weighted by Crippen LogP contribution is -2.22. The molecule has 0 bridgehead atoms. The third-order valence-electron chi connectivity index (χ3n) is 7.99. The van der Waals surface area contributed by atoms with Crippen molar-refractivity contribution >= 4 is 12.3 Å². The minimum atomic E-state index is -0.167. The van der Waals surface area contributed by atoms with E-state index in [4.69, 9.17) is 4.74 Å². The fraction of sp³-hybridized carbons (Fsp3) is 0.462. The van der Waals surface area contributed by atoms with E-state index in [1.807, 2.05) is 0 Å². The van der Waals surface area contributed by atoms with Gasteiger partial charge in [-0.15, -0.1) is 0 Å². The van der Waals surface area contributed by atoms with Crippen molar-refractivity contribution < 1.29 is 14.3 Å². The lowest BCUT2D eigenvalue weighted by molar-refractivity contribution is 0.0598. The number of fused-ring (bicyclic) bond motifs is 4. The lowest BCUT2D eigenvalue weighted by atomic mass is 9.81. The van der Waals surface area contributed by atoms with Gasteiger partial charge in [-0.2, -0.15) is 0 Å². The number of hydrogen-bond acceptors (Lipinski definition) is 3. The van der Waals surface area contributed by atoms with E-state index in [0.29, 0.717) is 0 Å². The summed E-state index contributed by atoms with van der Waals surface area (Å²) in [7, 11) is 1.50. The van der Waals surface area contributed by atoms with E-state index in [1.54, 1.807) is 0 Å². The molecule has 0 aliphatic heterocycles. The van der Waals surface area contributed by atoms with Crippen LogP contribution >= 0.6 is 0 Å². The molecule has 0 saturated carbocycles. The van der Waals surface area contributed by atoms with Crippen LogP contribution in [0.1, 0.15) is 78.1 Å². The van der Waals surface area contributed by atoms with E-state index in [-0.39, 0.29) is 11.4 Å². The molecule has 0 N–H and O–H groups in total. The van der Waals surface area contributed by atoms with Crippen molar-refractivity contribution in [2.24, 2.45) is 5.41 Å². The highest BCUT2D eigenvalue weighted by molar-refractivity contribution is 5.94. The van der Waals surface area contributed by atoms with Crippen molar-refractivity contribution in [1.29, 1.82) is 0 Å². The number of carbonyl (C=O) groups excluding carboxylic acids is 2. The molecule has 3 nitrogen and oxygen atoms in total. The summed E-state index contributed by atoms with van der Waals surface area (Å²) in [5, 5.41) is 0. The highest BCUT2D eigenvalue weighted by Gasteiger charge is 2.46. The smallest absolute Gasteiger partial charge is 0.338 e. The second-order valence-electron chi connectivity index (χ2n) is 9.62. The van der Waals surface area contributed by atoms with Gasteiger partial charge in [-0.25, -0.2) is 4.79 Å². The van der Waals surface area contributed by atoms with E-state index >= 15 is 0 Å². The van der Waals surface area contributed by atoms with E-state index in [2.05, 4.69) is 12.1 Å². The molecule has 3 heteroatoms. The molecule has 1 spiro atoms. The zero-order chi connectivity index (χ0) is 19.8. The van der Waals surface area contributed by atoms with Crippen LogP contribution in [0.2, 0.25) is 0 Å². The summed E-state index contributed by atoms with van der Waals surface area (Å²) in [6, 6.07) is 4.77. The first-order chi connectivity index (χ1) is 14.1. The molecule has 2 aromatic rings. The Labute approximate surface area is 171 Å². The number of carbonyl (C=O) groups is 2. The monoisotopic (exact) mass is 386 g/mol. The van der Waals surface area contributed by atoms with Crippen molar-refractivity contribution in [2.75, 3.05) is 7.11 Å². The zero-order valence-electron chi connectivity index (χ0n) is 17.0. The minimum Gasteiger partial charge on any atom is -0.465 e. The van der Waals surface area contributed by atoms with E-state index in [9.17, 15) is 9.59 Å². The van der Waals surface area contributed by atoms with Gasteiger partial charge >= 0.3 is 5.97 Å². The molecule has 2 aromatic carbocycles. The number of aryl methyl sites for hydroxylation is 2. The Hall–Kier alpha value is -2.42. The van der Waals surface area contributed by atoms with E-state index in [1.165, 1.54) is 58.0 Å². The van der Waals surface area contributed by atoms with Crippen LogP contribution < -0.4 is 0 Å². The molecule has 0 radical (unpaired) electrons. The van der Waals surface area contributed by atoms with Gasteiger partial charge in [0.15, 0.2) is 6.29 Å². The highest BCUT2D eigenvalue weighted by atomic mass is 16.5. The second kappa shape index (κ2) is 6.04. The van der Waals surface area contributed by atoms with Crippen molar-refractivity contribution in [1.82, 2.24) is 0 Å². The summed E-state index contributed by atoms with van der Waals surface area (Å²) in [4.78, 5) is 24.7. The summed E-state index contributed by atoms with van der Waals surface area (Å²) >= 11 is 0. The molecule has 4 aliphatic rings. The largest absolute Gasteiger partial charge is 0.465 e. The number of benzene rings is 2. The number of hydrogen-bond donors (Lipinski definition) is 0. The van der Waals surface area contributed by atoms with Gasteiger partial charge in [-0.3, -0.25) is 4.79 Å². The summed E-state index contributed by atoms with van der Waals surface area (Å²) in [5.41, 5.74) is 12.5. The number of ether oxygens (including phenoxy) is 1. The van der Waals surface area contributed by atoms with E-state index in [0.717, 1.165) is 75.2 Å². The van der Waals surface area contributed by atoms with Gasteiger partial charge in [0.05, 0.1) is 12.7 Å². The predicted molar refractivity (Wildman–Crippen MR) is 111 cm³/mol. The maximum atomic E-state index is 12.7. The van der Waals surface area contributed by atoms with Crippen LogP contribution in [0.5, 0.6) is 0 Å². The van der Waals surface area contributed by atoms with Gasteiger partial charge in [-0.1, -0.05) is 12.1 Å². The summed E-state index contributed by atoms with van der Waals surface area (Å²) in [6.07, 6.45) is 11.5. The average molecular weight is 386 g/mol. The zero-order valence-corrected chi connectivity index (χ0v) is 17.0. The molecule has 0 amide bonds. The normalized spacial score (nSPS) is 23.1. The van der Waals surface area contributed by atoms with Crippen LogP contribution in [0, 0.1) is 5.41 Å². The molecule has 148 valence electrons. The van der Waals surface area contributed by atoms with Gasteiger partial charge < -0.3 is 4.74 Å². The number of esters is 1. The van der Waals surface area contributed by atoms with E-state index < -0.39 is 0 Å². The van der Waals surface area contributed by atoms with Crippen LogP contribution in [0.3, 0.4) is 0 Å². The standard InChI is InChI=1S/C26H26O3/c1-29-25(28)24-20-7-3-5-16(20)9-18-11-26(13-22(18)24)10-17-8-15-4-2-6-19(15)23(14-27)21(17)12-26/h8-9,14H,2-7,10-13H2,1H3. The maximum absolute atomic E-state index is 12.7. The third-order valence-corrected chi connectivity index (χ3v) is 7.99. The van der Waals surface area contributed by atoms with Crippen LogP contribution in [0.25, 0.3) is 0 Å². The van der Waals surface area contributed by atoms with Gasteiger partial charge in [0.2, 0.25) is 0 Å². The van der Waals surface area contributed by atoms with Gasteiger partial charge in [-0.05, 0) is 114 Å². The molecule has 0 aromatic heterocycles. The molecular weight excluding hydrogens is 360 g/mol. The Morgan fingerprint density at radius 1 is 0.828 bits per heavy atom. The first-order valence-corrected chi connectivity index (χ1v) is 11.0. The minimum absolute atomic E-state index is 0.120. The average Bonchev–Trinajstić information content (AvgIpc) is 3.48. The molecule has 1 unspecified atom stereocenters. The molecule has 1 atom stereocenters. The molecule has 0 heterocycles. The predicted octanol–water partition coefficient (Wildman–Crippen LogP) is 4.15. The first-order valence-electron chi connectivity index (χ1n) is 11.0. The quantitative estimate of drug-likeness (QED) is 0.575. The highest BCUT2D eigenvalue weighted by Crippen LogP contribution is 2.51. The van der Waals surface area contributed by atoms with Crippen LogP contribution in [-0.2, 0) is 56.1 Å². The fourth-order valence-corrected chi connectivity index (χ4v) is 6.89. The summed E-state index contributed by atoms with van der Waals surface area (Å²) < 4.78 is 5.20. The van der Waals surface area contributed by atoms with Crippen molar-refractivity contribution in [3.8, 4) is 0 Å². The molecule has 6 rings (SSSR count). The van der Waals surface area contributed by atoms with Gasteiger partial charge in [0.25, 0.3) is 0 Å². The van der Waals surface area contributed by atoms with Crippen LogP contribution in [0.4, 0.5) is 0 Å². The van der Waals surface area contributed by atoms with Gasteiger partial charge in [0.1, 0.15) is 0 Å². The van der Waals surface area contributed by atoms with Crippen molar-refractivity contribution in [3.63, 3.8) is 0 Å². The Morgan fingerprint density at radius 2 is 1.45 bits per heavy atom. The number of aldehydes is 1. The number of rotatable bonds is 2. The maximum Gasteiger partial charge on any atom is 0.338 e. The summed E-state index contributed by atoms with van der Waals surface area (Å²) in [6.45, 7) is 0. The van der Waals surface area contributed by atoms with Crippen molar-refractivity contribution in [2.45, 2.75) is 64.2 Å². The molecule has 0 saturated heterocycles. The Kier molecular flexibility index (Phi) is 3.63. The molecule has 29 heavy (non-hydrogen) atoms. The first kappa shape index (κ1) is 17.4. The Bertz CT molecular complexity index is 1090. The fourth-order valence-electron chi connectivity index (χ4n) is 6.89. The van der Waals surface area contributed by atoms with Crippen LogP contribution in [0.15, 0.2) is 12.1 Å². The molecule has 4 aliphatic carbocycles. The molecule has 0 fully saturated rings. The molecular formula is C26H26O3. The van der Waals surface area contributed by atoms with Gasteiger partial charge in [0, 0.05) is 5.56 Å².